The fraction of sp³-hybridized carbons (Fsp3) is 0.239. The fourth-order valence-corrected chi connectivity index (χ4v) is 10.6. The van der Waals surface area contributed by atoms with Gasteiger partial charge in [-0.25, -0.2) is 4.98 Å². The van der Waals surface area contributed by atoms with Gasteiger partial charge in [-0.15, -0.1) is 17.7 Å². The summed E-state index contributed by atoms with van der Waals surface area (Å²) in [5, 5.41) is 2.09. The maximum atomic E-state index is 6.42. The molecule has 0 spiro atoms. The summed E-state index contributed by atoms with van der Waals surface area (Å²) in [5.74, 6) is 8.83. The van der Waals surface area contributed by atoms with Crippen LogP contribution in [0.5, 0.6) is 0 Å². The van der Waals surface area contributed by atoms with Crippen LogP contribution in [0.4, 0.5) is 0 Å². The molecule has 0 amide bonds. The number of rotatable bonds is 6. The van der Waals surface area contributed by atoms with Gasteiger partial charge in [-0.05, 0) is 49.2 Å². The first-order chi connectivity index (χ1) is 24.9. The van der Waals surface area contributed by atoms with E-state index in [-0.39, 0.29) is 20.1 Å². The van der Waals surface area contributed by atoms with Gasteiger partial charge in [-0.1, -0.05) is 48.2 Å². The molecule has 0 unspecified atom stereocenters. The number of pyridine rings is 2. The summed E-state index contributed by atoms with van der Waals surface area (Å²) in [7, 11) is 2.03. The van der Waals surface area contributed by atoms with Crippen molar-refractivity contribution in [3.05, 3.63) is 132 Å². The monoisotopic (exact) mass is 937 g/mol. The summed E-state index contributed by atoms with van der Waals surface area (Å²) in [4.78, 5) is 14.5. The second-order valence-corrected chi connectivity index (χ2v) is 25.9. The maximum absolute atomic E-state index is 6.42. The van der Waals surface area contributed by atoms with Crippen molar-refractivity contribution in [1.82, 2.24) is 19.5 Å². The zero-order chi connectivity index (χ0) is 36.7. The van der Waals surface area contributed by atoms with Gasteiger partial charge >= 0.3 is 126 Å². The van der Waals surface area contributed by atoms with Crippen LogP contribution in [-0.2, 0) is 33.6 Å². The Hall–Kier alpha value is -4.36. The standard InChI is InChI=1S/C28H22N3O.C18H24GeN.Ir/c1-16-8-7-9-17(2)24(16)22-15-14-19-25-18(3)12-13-20(26(25)32-28(19)30-22)27-29-21-10-5-6-11-23(21)31(27)4;1-14(2)11-16-12-18(15-9-7-6-8-10-15)20-13-17(16)19(3,4)5;/h5-12,14-15H,1-4H3;6-9,12-14H,11H2,1-5H3;/q2*-1;. The molecule has 0 aliphatic heterocycles. The number of benzene rings is 4. The second-order valence-electron chi connectivity index (χ2n) is 15.3. The third kappa shape index (κ3) is 7.69. The Morgan fingerprint density at radius 1 is 0.811 bits per heavy atom. The molecule has 53 heavy (non-hydrogen) atoms. The average molecular weight is 936 g/mol. The number of fused-ring (bicyclic) bond motifs is 4. The number of aromatic nitrogens is 4. The minimum absolute atomic E-state index is 0. The first kappa shape index (κ1) is 38.4. The molecule has 0 aliphatic rings. The summed E-state index contributed by atoms with van der Waals surface area (Å²) in [6.07, 6.45) is 3.27. The summed E-state index contributed by atoms with van der Waals surface area (Å²) in [6, 6.07) is 37.8. The smallest absolute Gasteiger partial charge is 0.216 e. The number of aryl methyl sites for hydroxylation is 4. The number of hydrogen-bond acceptors (Lipinski definition) is 4. The van der Waals surface area contributed by atoms with Gasteiger partial charge in [0, 0.05) is 38.1 Å². The molecule has 0 bridgehead atoms. The molecule has 1 radical (unpaired) electrons. The molecule has 0 saturated heterocycles. The molecule has 0 N–H and O–H groups in total. The van der Waals surface area contributed by atoms with E-state index in [1.807, 2.05) is 49.5 Å². The summed E-state index contributed by atoms with van der Waals surface area (Å²) in [5.41, 5.74) is 13.6. The van der Waals surface area contributed by atoms with Crippen molar-refractivity contribution in [1.29, 1.82) is 0 Å². The van der Waals surface area contributed by atoms with Crippen LogP contribution >= 0.6 is 0 Å². The molecular weight excluding hydrogens is 889 g/mol. The molecule has 7 heteroatoms. The molecule has 271 valence electrons. The Bertz CT molecular complexity index is 2540. The molecule has 0 atom stereocenters. The summed E-state index contributed by atoms with van der Waals surface area (Å²) < 4.78 is 10.1. The van der Waals surface area contributed by atoms with Gasteiger partial charge in [0.2, 0.25) is 5.71 Å². The molecule has 0 saturated carbocycles. The Morgan fingerprint density at radius 3 is 2.23 bits per heavy atom. The fourth-order valence-electron chi connectivity index (χ4n) is 7.24. The van der Waals surface area contributed by atoms with Gasteiger partial charge in [0.05, 0.1) is 28.1 Å². The summed E-state index contributed by atoms with van der Waals surface area (Å²) >= 11 is -1.86. The van der Waals surface area contributed by atoms with Crippen molar-refractivity contribution < 1.29 is 24.5 Å². The van der Waals surface area contributed by atoms with E-state index in [9.17, 15) is 0 Å². The van der Waals surface area contributed by atoms with Gasteiger partial charge in [0.25, 0.3) is 0 Å². The van der Waals surface area contributed by atoms with Crippen molar-refractivity contribution >= 4 is 50.8 Å². The minimum atomic E-state index is -1.86. The topological polar surface area (TPSA) is 56.7 Å². The molecule has 0 aliphatic carbocycles. The van der Waals surface area contributed by atoms with E-state index in [2.05, 4.69) is 123 Å². The number of para-hydroxylation sites is 2. The van der Waals surface area contributed by atoms with E-state index in [0.717, 1.165) is 73.3 Å². The number of nitrogens with zero attached hydrogens (tertiary/aromatic N) is 4. The third-order valence-electron chi connectivity index (χ3n) is 9.77. The van der Waals surface area contributed by atoms with Crippen LogP contribution in [0.1, 0.15) is 36.1 Å². The van der Waals surface area contributed by atoms with Crippen LogP contribution in [0.15, 0.2) is 102 Å². The van der Waals surface area contributed by atoms with E-state index in [4.69, 9.17) is 19.4 Å². The van der Waals surface area contributed by atoms with E-state index in [0.29, 0.717) is 11.6 Å². The normalized spacial score (nSPS) is 11.6. The van der Waals surface area contributed by atoms with Crippen molar-refractivity contribution in [3.8, 4) is 33.9 Å². The number of hydrogen-bond donors (Lipinski definition) is 0. The zero-order valence-corrected chi connectivity index (χ0v) is 36.5. The van der Waals surface area contributed by atoms with Crippen molar-refractivity contribution in [2.24, 2.45) is 13.0 Å². The van der Waals surface area contributed by atoms with Gasteiger partial charge < -0.3 is 8.98 Å². The summed E-state index contributed by atoms with van der Waals surface area (Å²) in [6.45, 7) is 10.9. The predicted octanol–water partition coefficient (Wildman–Crippen LogP) is 11.2. The van der Waals surface area contributed by atoms with Gasteiger partial charge in [-0.3, -0.25) is 4.98 Å². The van der Waals surface area contributed by atoms with Crippen LogP contribution in [-0.4, -0.2) is 32.8 Å². The Balaban J connectivity index is 0.000000199. The number of furan rings is 1. The molecule has 5 nitrogen and oxygen atoms in total. The SMILES string of the molecule is CC(C)Cc1cc(-c2[c-]cccc2)nc[c]1[Ge]([CH3])([CH3])[CH3].Cc1cccc(C)c1-c1ccc2c(n1)oc1c(-c3nc4ccccc4n3C)[c-]cc(C)c12.[Ir]. The van der Waals surface area contributed by atoms with Gasteiger partial charge in [-0.2, -0.15) is 0 Å². The average Bonchev–Trinajstić information content (AvgIpc) is 3.66. The van der Waals surface area contributed by atoms with Crippen molar-refractivity contribution in [3.63, 3.8) is 0 Å². The second kappa shape index (κ2) is 15.5. The predicted molar refractivity (Wildman–Crippen MR) is 220 cm³/mol. The molecule has 4 aromatic heterocycles. The van der Waals surface area contributed by atoms with Crippen molar-refractivity contribution in [2.45, 2.75) is 58.3 Å². The van der Waals surface area contributed by atoms with E-state index >= 15 is 0 Å². The Labute approximate surface area is 329 Å². The molecule has 4 aromatic carbocycles. The largest absolute Gasteiger partial charge is 0.486 e. The van der Waals surface area contributed by atoms with Crippen LogP contribution < -0.4 is 4.40 Å². The molecular formula is C46H46GeIrN4O-2. The van der Waals surface area contributed by atoms with E-state index in [1.165, 1.54) is 16.7 Å². The van der Waals surface area contributed by atoms with Crippen LogP contribution in [0.3, 0.4) is 0 Å². The Morgan fingerprint density at radius 2 is 1.55 bits per heavy atom. The van der Waals surface area contributed by atoms with Crippen LogP contribution in [0.25, 0.3) is 67.0 Å². The van der Waals surface area contributed by atoms with Crippen LogP contribution in [0, 0.1) is 38.8 Å². The first-order valence-electron chi connectivity index (χ1n) is 18.1. The third-order valence-corrected chi connectivity index (χ3v) is 14.1. The van der Waals surface area contributed by atoms with E-state index < -0.39 is 13.3 Å². The molecule has 0 fully saturated rings. The molecule has 8 aromatic rings. The van der Waals surface area contributed by atoms with Crippen molar-refractivity contribution in [2.75, 3.05) is 0 Å². The quantitative estimate of drug-likeness (QED) is 0.123. The van der Waals surface area contributed by atoms with Crippen LogP contribution in [0.2, 0.25) is 17.3 Å². The maximum Gasteiger partial charge on any atom is 0.216 e. The molecule has 4 heterocycles. The van der Waals surface area contributed by atoms with Gasteiger partial charge in [0.15, 0.2) is 0 Å². The van der Waals surface area contributed by atoms with E-state index in [1.54, 1.807) is 4.40 Å². The number of imidazole rings is 1. The first-order valence-corrected chi connectivity index (χ1v) is 25.4. The minimum Gasteiger partial charge on any atom is -0.486 e. The molecule has 8 rings (SSSR count). The zero-order valence-electron chi connectivity index (χ0n) is 32.1. The van der Waals surface area contributed by atoms with Gasteiger partial charge in [0.1, 0.15) is 0 Å². The Kier molecular flexibility index (Phi) is 11.3.